The SMILES string of the molecule is CCCN(CCC)S(=O)(=O)c1ccc(C(=O)OCOC(C)(C)C)cc1. The summed E-state index contributed by atoms with van der Waals surface area (Å²) in [5.41, 5.74) is -0.116. The van der Waals surface area contributed by atoms with Crippen molar-refractivity contribution < 1.29 is 22.7 Å². The lowest BCUT2D eigenvalue weighted by Crippen LogP contribution is -2.32. The van der Waals surface area contributed by atoms with E-state index in [0.29, 0.717) is 13.1 Å². The molecule has 0 saturated heterocycles. The van der Waals surface area contributed by atoms with Crippen molar-refractivity contribution in [2.24, 2.45) is 0 Å². The van der Waals surface area contributed by atoms with E-state index in [1.807, 2.05) is 34.6 Å². The molecule has 1 aromatic rings. The van der Waals surface area contributed by atoms with Crippen molar-refractivity contribution in [1.82, 2.24) is 4.31 Å². The van der Waals surface area contributed by atoms with E-state index >= 15 is 0 Å². The fourth-order valence-electron chi connectivity index (χ4n) is 2.11. The average Bonchev–Trinajstić information content (AvgIpc) is 2.53. The zero-order valence-electron chi connectivity index (χ0n) is 15.7. The molecule has 0 radical (unpaired) electrons. The number of sulfonamides is 1. The van der Waals surface area contributed by atoms with E-state index < -0.39 is 21.6 Å². The number of benzene rings is 1. The van der Waals surface area contributed by atoms with E-state index in [2.05, 4.69) is 0 Å². The van der Waals surface area contributed by atoms with Crippen molar-refractivity contribution in [3.8, 4) is 0 Å². The van der Waals surface area contributed by atoms with Crippen molar-refractivity contribution in [2.45, 2.75) is 58.0 Å². The van der Waals surface area contributed by atoms with Crippen LogP contribution in [-0.4, -0.2) is 44.2 Å². The zero-order valence-corrected chi connectivity index (χ0v) is 16.6. The highest BCUT2D eigenvalue weighted by Gasteiger charge is 2.23. The van der Waals surface area contributed by atoms with Crippen molar-refractivity contribution in [3.63, 3.8) is 0 Å². The molecule has 7 heteroatoms. The molecule has 0 N–H and O–H groups in total. The molecule has 0 aliphatic rings. The lowest BCUT2D eigenvalue weighted by Gasteiger charge is -2.21. The Morgan fingerprint density at radius 2 is 1.56 bits per heavy atom. The smallest absolute Gasteiger partial charge is 0.340 e. The van der Waals surface area contributed by atoms with Crippen LogP contribution in [0.15, 0.2) is 29.2 Å². The van der Waals surface area contributed by atoms with E-state index in [0.717, 1.165) is 12.8 Å². The first-order valence-electron chi connectivity index (χ1n) is 8.53. The fourth-order valence-corrected chi connectivity index (χ4v) is 3.73. The molecule has 0 aliphatic carbocycles. The molecule has 6 nitrogen and oxygen atoms in total. The van der Waals surface area contributed by atoms with Gasteiger partial charge in [-0.3, -0.25) is 0 Å². The van der Waals surface area contributed by atoms with Gasteiger partial charge < -0.3 is 9.47 Å². The first-order chi connectivity index (χ1) is 11.6. The second-order valence-electron chi connectivity index (χ2n) is 6.73. The minimum Gasteiger partial charge on any atom is -0.435 e. The normalized spacial score (nSPS) is 12.4. The topological polar surface area (TPSA) is 72.9 Å². The lowest BCUT2D eigenvalue weighted by atomic mass is 10.2. The maximum atomic E-state index is 12.7. The molecular weight excluding hydrogens is 342 g/mol. The van der Waals surface area contributed by atoms with Gasteiger partial charge in [0.15, 0.2) is 6.79 Å². The van der Waals surface area contributed by atoms with Gasteiger partial charge in [-0.1, -0.05) is 13.8 Å². The zero-order chi connectivity index (χ0) is 19.1. The van der Waals surface area contributed by atoms with Gasteiger partial charge in [0.25, 0.3) is 0 Å². The molecule has 0 aromatic heterocycles. The van der Waals surface area contributed by atoms with Crippen molar-refractivity contribution >= 4 is 16.0 Å². The summed E-state index contributed by atoms with van der Waals surface area (Å²) in [7, 11) is -3.55. The quantitative estimate of drug-likeness (QED) is 0.491. The number of rotatable bonds is 9. The third kappa shape index (κ3) is 6.76. The Kier molecular flexibility index (Phi) is 8.05. The molecule has 0 fully saturated rings. The van der Waals surface area contributed by atoms with E-state index in [1.54, 1.807) is 0 Å². The number of ether oxygens (including phenoxy) is 2. The van der Waals surface area contributed by atoms with Gasteiger partial charge in [0.2, 0.25) is 10.0 Å². The fraction of sp³-hybridized carbons (Fsp3) is 0.611. The summed E-state index contributed by atoms with van der Waals surface area (Å²) in [6, 6.07) is 5.80. The third-order valence-corrected chi connectivity index (χ3v) is 5.27. The number of carbonyl (C=O) groups is 1. The van der Waals surface area contributed by atoms with Crippen LogP contribution in [0.3, 0.4) is 0 Å². The molecule has 0 aliphatic heterocycles. The monoisotopic (exact) mass is 371 g/mol. The second kappa shape index (κ2) is 9.31. The van der Waals surface area contributed by atoms with Gasteiger partial charge in [0.1, 0.15) is 0 Å². The Bertz CT molecular complexity index is 641. The predicted octanol–water partition coefficient (Wildman–Crippen LogP) is 3.43. The van der Waals surface area contributed by atoms with Crippen LogP contribution in [0.2, 0.25) is 0 Å². The summed E-state index contributed by atoms with van der Waals surface area (Å²) >= 11 is 0. The van der Waals surface area contributed by atoms with E-state index in [1.165, 1.54) is 28.6 Å². The Hall–Kier alpha value is -1.44. The Morgan fingerprint density at radius 3 is 2.00 bits per heavy atom. The summed E-state index contributed by atoms with van der Waals surface area (Å²) < 4.78 is 37.2. The minimum atomic E-state index is -3.55. The van der Waals surface area contributed by atoms with Gasteiger partial charge in [-0.2, -0.15) is 4.31 Å². The maximum absolute atomic E-state index is 12.7. The molecule has 0 heterocycles. The summed E-state index contributed by atoms with van der Waals surface area (Å²) in [5.74, 6) is -0.549. The molecular formula is C18H29NO5S. The number of esters is 1. The molecule has 0 saturated carbocycles. The molecule has 0 amide bonds. The van der Waals surface area contributed by atoms with Gasteiger partial charge in [0, 0.05) is 13.1 Å². The van der Waals surface area contributed by atoms with Gasteiger partial charge in [-0.15, -0.1) is 0 Å². The summed E-state index contributed by atoms with van der Waals surface area (Å²) in [6.07, 6.45) is 1.49. The van der Waals surface area contributed by atoms with Gasteiger partial charge in [-0.05, 0) is 57.9 Å². The maximum Gasteiger partial charge on any atom is 0.340 e. The van der Waals surface area contributed by atoms with Crippen LogP contribution in [0.25, 0.3) is 0 Å². The van der Waals surface area contributed by atoms with Crippen LogP contribution >= 0.6 is 0 Å². The molecule has 142 valence electrons. The van der Waals surface area contributed by atoms with E-state index in [9.17, 15) is 13.2 Å². The third-order valence-electron chi connectivity index (χ3n) is 3.36. The standard InChI is InChI=1S/C18H29NO5S/c1-6-12-19(13-7-2)25(21,22)16-10-8-15(9-11-16)17(20)23-14-24-18(3,4)5/h8-11H,6-7,12-14H2,1-5H3. The second-order valence-corrected chi connectivity index (χ2v) is 8.67. The number of hydrogen-bond acceptors (Lipinski definition) is 5. The van der Waals surface area contributed by atoms with E-state index in [-0.39, 0.29) is 17.3 Å². The van der Waals surface area contributed by atoms with Gasteiger partial charge >= 0.3 is 5.97 Å². The summed E-state index contributed by atoms with van der Waals surface area (Å²) in [4.78, 5) is 12.1. The number of hydrogen-bond donors (Lipinski definition) is 0. The van der Waals surface area contributed by atoms with Gasteiger partial charge in [-0.25, -0.2) is 13.2 Å². The van der Waals surface area contributed by atoms with E-state index in [4.69, 9.17) is 9.47 Å². The van der Waals surface area contributed by atoms with Crippen molar-refractivity contribution in [3.05, 3.63) is 29.8 Å². The lowest BCUT2D eigenvalue weighted by molar-refractivity contribution is -0.0965. The van der Waals surface area contributed by atoms with Crippen LogP contribution in [0.4, 0.5) is 0 Å². The first kappa shape index (κ1) is 21.6. The summed E-state index contributed by atoms with van der Waals surface area (Å²) in [5, 5.41) is 0. The van der Waals surface area contributed by atoms with Gasteiger partial charge in [0.05, 0.1) is 16.1 Å². The molecule has 0 spiro atoms. The summed E-state index contributed by atoms with van der Waals surface area (Å²) in [6.45, 7) is 10.3. The van der Waals surface area contributed by atoms with Crippen molar-refractivity contribution in [1.29, 1.82) is 0 Å². The molecule has 0 bridgehead atoms. The Balaban J connectivity index is 2.82. The predicted molar refractivity (Wildman–Crippen MR) is 96.9 cm³/mol. The number of nitrogens with zero attached hydrogens (tertiary/aromatic N) is 1. The highest BCUT2D eigenvalue weighted by Crippen LogP contribution is 2.18. The molecule has 25 heavy (non-hydrogen) atoms. The van der Waals surface area contributed by atoms with Crippen LogP contribution in [0.1, 0.15) is 57.8 Å². The van der Waals surface area contributed by atoms with Crippen LogP contribution < -0.4 is 0 Å². The van der Waals surface area contributed by atoms with Crippen LogP contribution in [-0.2, 0) is 19.5 Å². The Labute approximate surface area is 151 Å². The van der Waals surface area contributed by atoms with Crippen LogP contribution in [0.5, 0.6) is 0 Å². The highest BCUT2D eigenvalue weighted by molar-refractivity contribution is 7.89. The largest absolute Gasteiger partial charge is 0.435 e. The average molecular weight is 371 g/mol. The molecule has 1 rings (SSSR count). The minimum absolute atomic E-state index is 0.150. The molecule has 1 aromatic carbocycles. The molecule has 0 atom stereocenters. The molecule has 0 unspecified atom stereocenters. The first-order valence-corrected chi connectivity index (χ1v) is 9.97. The number of carbonyl (C=O) groups excluding carboxylic acids is 1. The highest BCUT2D eigenvalue weighted by atomic mass is 32.2. The van der Waals surface area contributed by atoms with Crippen LogP contribution in [0, 0.1) is 0 Å². The van der Waals surface area contributed by atoms with Crippen molar-refractivity contribution in [2.75, 3.05) is 19.9 Å². The Morgan fingerprint density at radius 1 is 1.04 bits per heavy atom.